The summed E-state index contributed by atoms with van der Waals surface area (Å²) in [7, 11) is 0. The molecule has 24 heavy (non-hydrogen) atoms. The molecule has 0 spiro atoms. The van der Waals surface area contributed by atoms with Gasteiger partial charge in [-0.2, -0.15) is 0 Å². The molecule has 2 aromatic rings. The Balaban J connectivity index is 1.72. The highest BCUT2D eigenvalue weighted by molar-refractivity contribution is 6.05. The minimum Gasteiger partial charge on any atom is -0.378 e. The summed E-state index contributed by atoms with van der Waals surface area (Å²) in [5.74, 6) is 0.940. The quantitative estimate of drug-likeness (QED) is 0.928. The number of carbonyl (C=O) groups excluding carboxylic acids is 1. The number of pyridine rings is 1. The number of anilines is 2. The first kappa shape index (κ1) is 16.4. The van der Waals surface area contributed by atoms with Crippen LogP contribution in [0, 0.1) is 6.92 Å². The molecule has 2 aromatic heterocycles. The number of rotatable bonds is 4. The van der Waals surface area contributed by atoms with Gasteiger partial charge in [-0.05, 0) is 19.1 Å². The zero-order chi connectivity index (χ0) is 17.1. The molecule has 0 saturated carbocycles. The first-order valence-corrected chi connectivity index (χ1v) is 8.12. The first-order valence-electron chi connectivity index (χ1n) is 8.12. The number of nitrogens with one attached hydrogen (secondary N) is 1. The Morgan fingerprint density at radius 2 is 2.04 bits per heavy atom. The highest BCUT2D eigenvalue weighted by Gasteiger charge is 2.23. The van der Waals surface area contributed by atoms with Crippen LogP contribution >= 0.6 is 0 Å². The van der Waals surface area contributed by atoms with Crippen molar-refractivity contribution in [2.24, 2.45) is 0 Å². The second kappa shape index (κ2) is 7.00. The lowest BCUT2D eigenvalue weighted by Crippen LogP contribution is -2.36. The Labute approximate surface area is 141 Å². The van der Waals surface area contributed by atoms with E-state index >= 15 is 0 Å². The molecule has 7 heteroatoms. The van der Waals surface area contributed by atoms with Crippen molar-refractivity contribution in [2.75, 3.05) is 36.5 Å². The monoisotopic (exact) mass is 330 g/mol. The Morgan fingerprint density at radius 1 is 1.29 bits per heavy atom. The lowest BCUT2D eigenvalue weighted by Gasteiger charge is -2.28. The van der Waals surface area contributed by atoms with Gasteiger partial charge in [0.2, 0.25) is 0 Å². The van der Waals surface area contributed by atoms with E-state index in [0.717, 1.165) is 32.0 Å². The Kier molecular flexibility index (Phi) is 4.80. The van der Waals surface area contributed by atoms with Crippen LogP contribution in [0.1, 0.15) is 41.6 Å². The normalized spacial score (nSPS) is 14.9. The lowest BCUT2D eigenvalue weighted by atomic mass is 10.0. The molecule has 0 unspecified atom stereocenters. The van der Waals surface area contributed by atoms with Crippen molar-refractivity contribution in [1.82, 2.24) is 10.1 Å². The molecule has 1 aliphatic heterocycles. The zero-order valence-electron chi connectivity index (χ0n) is 14.2. The maximum absolute atomic E-state index is 12.5. The van der Waals surface area contributed by atoms with Gasteiger partial charge in [0.1, 0.15) is 11.4 Å². The van der Waals surface area contributed by atoms with Crippen LogP contribution in [-0.2, 0) is 4.74 Å². The SMILES string of the molecule is Cc1noc(C(C)C)c1C(=O)Nc1ccc(N2CCOCC2)cn1. The summed E-state index contributed by atoms with van der Waals surface area (Å²) >= 11 is 0. The summed E-state index contributed by atoms with van der Waals surface area (Å²) in [6.07, 6.45) is 1.77. The van der Waals surface area contributed by atoms with Gasteiger partial charge in [0, 0.05) is 19.0 Å². The fraction of sp³-hybridized carbons (Fsp3) is 0.471. The topological polar surface area (TPSA) is 80.5 Å². The molecule has 1 N–H and O–H groups in total. The fourth-order valence-corrected chi connectivity index (χ4v) is 2.70. The Morgan fingerprint density at radius 3 is 2.67 bits per heavy atom. The van der Waals surface area contributed by atoms with Crippen LogP contribution in [0.5, 0.6) is 0 Å². The molecule has 0 radical (unpaired) electrons. The molecule has 1 amide bonds. The number of hydrogen-bond acceptors (Lipinski definition) is 6. The summed E-state index contributed by atoms with van der Waals surface area (Å²) < 4.78 is 10.6. The third-order valence-electron chi connectivity index (χ3n) is 4.01. The average Bonchev–Trinajstić information content (AvgIpc) is 2.98. The molecule has 0 atom stereocenters. The van der Waals surface area contributed by atoms with E-state index in [1.165, 1.54) is 0 Å². The summed E-state index contributed by atoms with van der Waals surface area (Å²) in [5.41, 5.74) is 2.10. The van der Waals surface area contributed by atoms with E-state index in [9.17, 15) is 4.79 Å². The van der Waals surface area contributed by atoms with Crippen LogP contribution in [0.4, 0.5) is 11.5 Å². The van der Waals surface area contributed by atoms with Crippen molar-refractivity contribution in [3.8, 4) is 0 Å². The van der Waals surface area contributed by atoms with E-state index < -0.39 is 0 Å². The van der Waals surface area contributed by atoms with Crippen LogP contribution in [0.3, 0.4) is 0 Å². The van der Waals surface area contributed by atoms with Crippen LogP contribution < -0.4 is 10.2 Å². The van der Waals surface area contributed by atoms with Gasteiger partial charge < -0.3 is 19.5 Å². The van der Waals surface area contributed by atoms with Gasteiger partial charge >= 0.3 is 0 Å². The van der Waals surface area contributed by atoms with Crippen molar-refractivity contribution >= 4 is 17.4 Å². The van der Waals surface area contributed by atoms with Gasteiger partial charge in [0.05, 0.1) is 30.8 Å². The van der Waals surface area contributed by atoms with Crippen LogP contribution in [0.25, 0.3) is 0 Å². The predicted octanol–water partition coefficient (Wildman–Crippen LogP) is 2.59. The Bertz CT molecular complexity index is 703. The third kappa shape index (κ3) is 3.41. The van der Waals surface area contributed by atoms with Gasteiger partial charge in [-0.3, -0.25) is 4.79 Å². The minimum absolute atomic E-state index is 0.0867. The molecular formula is C17H22N4O3. The van der Waals surface area contributed by atoms with E-state index in [1.54, 1.807) is 19.2 Å². The van der Waals surface area contributed by atoms with Crippen molar-refractivity contribution in [3.05, 3.63) is 35.3 Å². The highest BCUT2D eigenvalue weighted by Crippen LogP contribution is 2.23. The van der Waals surface area contributed by atoms with E-state index in [-0.39, 0.29) is 11.8 Å². The summed E-state index contributed by atoms with van der Waals surface area (Å²) in [5, 5.41) is 6.72. The van der Waals surface area contributed by atoms with Gasteiger partial charge in [-0.15, -0.1) is 0 Å². The van der Waals surface area contributed by atoms with Crippen molar-refractivity contribution in [1.29, 1.82) is 0 Å². The van der Waals surface area contributed by atoms with Gasteiger partial charge in [-0.1, -0.05) is 19.0 Å². The van der Waals surface area contributed by atoms with Crippen molar-refractivity contribution in [3.63, 3.8) is 0 Å². The Hall–Kier alpha value is -2.41. The fourth-order valence-electron chi connectivity index (χ4n) is 2.70. The van der Waals surface area contributed by atoms with E-state index in [2.05, 4.69) is 20.4 Å². The maximum Gasteiger partial charge on any atom is 0.262 e. The number of hydrogen-bond donors (Lipinski definition) is 1. The molecule has 3 rings (SSSR count). The highest BCUT2D eigenvalue weighted by atomic mass is 16.5. The maximum atomic E-state index is 12.5. The van der Waals surface area contributed by atoms with Gasteiger partial charge in [-0.25, -0.2) is 4.98 Å². The second-order valence-electron chi connectivity index (χ2n) is 6.12. The van der Waals surface area contributed by atoms with Crippen molar-refractivity contribution < 1.29 is 14.1 Å². The van der Waals surface area contributed by atoms with Crippen LogP contribution in [-0.4, -0.2) is 42.4 Å². The molecule has 0 bridgehead atoms. The van der Waals surface area contributed by atoms with E-state index in [0.29, 0.717) is 22.8 Å². The molecule has 0 aromatic carbocycles. The standard InChI is InChI=1S/C17H22N4O3/c1-11(2)16-15(12(3)20-24-16)17(22)19-14-5-4-13(10-18-14)21-6-8-23-9-7-21/h4-5,10-11H,6-9H2,1-3H3,(H,18,19,22). The molecule has 1 aliphatic rings. The molecular weight excluding hydrogens is 308 g/mol. The molecule has 1 saturated heterocycles. The second-order valence-corrected chi connectivity index (χ2v) is 6.12. The van der Waals surface area contributed by atoms with Crippen molar-refractivity contribution in [2.45, 2.75) is 26.7 Å². The largest absolute Gasteiger partial charge is 0.378 e. The smallest absolute Gasteiger partial charge is 0.262 e. The summed E-state index contributed by atoms with van der Waals surface area (Å²) in [4.78, 5) is 19.1. The van der Waals surface area contributed by atoms with E-state index in [1.807, 2.05) is 19.9 Å². The molecule has 0 aliphatic carbocycles. The summed E-state index contributed by atoms with van der Waals surface area (Å²) in [6, 6.07) is 3.76. The predicted molar refractivity (Wildman–Crippen MR) is 90.6 cm³/mol. The number of ether oxygens (including phenoxy) is 1. The number of amides is 1. The van der Waals surface area contributed by atoms with Crippen LogP contribution in [0.2, 0.25) is 0 Å². The zero-order valence-corrected chi connectivity index (χ0v) is 14.2. The summed E-state index contributed by atoms with van der Waals surface area (Å²) in [6.45, 7) is 8.85. The number of nitrogens with zero attached hydrogens (tertiary/aromatic N) is 3. The van der Waals surface area contributed by atoms with Crippen LogP contribution in [0.15, 0.2) is 22.9 Å². The lowest BCUT2D eigenvalue weighted by molar-refractivity contribution is 0.102. The van der Waals surface area contributed by atoms with E-state index in [4.69, 9.17) is 9.26 Å². The van der Waals surface area contributed by atoms with Gasteiger partial charge in [0.15, 0.2) is 5.76 Å². The molecule has 1 fully saturated rings. The number of aromatic nitrogens is 2. The average molecular weight is 330 g/mol. The minimum atomic E-state index is -0.246. The molecule has 7 nitrogen and oxygen atoms in total. The first-order chi connectivity index (χ1) is 11.6. The third-order valence-corrected chi connectivity index (χ3v) is 4.01. The molecule has 128 valence electrons. The number of carbonyl (C=O) groups is 1. The number of morpholine rings is 1. The van der Waals surface area contributed by atoms with Gasteiger partial charge in [0.25, 0.3) is 5.91 Å². The number of aryl methyl sites for hydroxylation is 1. The molecule has 3 heterocycles.